The molecule has 0 aliphatic rings. The van der Waals surface area contributed by atoms with Gasteiger partial charge in [0, 0.05) is 12.2 Å². The Labute approximate surface area is 96.0 Å². The van der Waals surface area contributed by atoms with Gasteiger partial charge in [-0.1, -0.05) is 24.3 Å². The number of nitrogens with zero attached hydrogens (tertiary/aromatic N) is 1. The summed E-state index contributed by atoms with van der Waals surface area (Å²) in [4.78, 5) is 13.3. The van der Waals surface area contributed by atoms with Crippen LogP contribution >= 0.6 is 0 Å². The predicted octanol–water partition coefficient (Wildman–Crippen LogP) is 1.89. The molecule has 0 saturated heterocycles. The van der Waals surface area contributed by atoms with Crippen molar-refractivity contribution in [3.05, 3.63) is 42.5 Å². The van der Waals surface area contributed by atoms with Gasteiger partial charge in [-0.25, -0.2) is 0 Å². The van der Waals surface area contributed by atoms with Gasteiger partial charge in [0.25, 0.3) is 5.91 Å². The maximum atomic E-state index is 11.8. The smallest absolute Gasteiger partial charge is 0.255 e. The van der Waals surface area contributed by atoms with Crippen LogP contribution in [0.5, 0.6) is 0 Å². The monoisotopic (exact) mass is 219 g/mol. The minimum Gasteiger partial charge on any atom is -0.384 e. The molecule has 3 heteroatoms. The molecule has 0 aliphatic heterocycles. The molecule has 1 unspecified atom stereocenters. The maximum Gasteiger partial charge on any atom is 0.255 e. The van der Waals surface area contributed by atoms with Gasteiger partial charge in [-0.15, -0.1) is 6.58 Å². The summed E-state index contributed by atoms with van der Waals surface area (Å²) in [5, 5.41) is 9.34. The molecule has 0 radical (unpaired) electrons. The molecule has 0 spiro atoms. The van der Waals surface area contributed by atoms with Gasteiger partial charge in [-0.2, -0.15) is 0 Å². The highest BCUT2D eigenvalue weighted by molar-refractivity contribution is 5.97. The summed E-state index contributed by atoms with van der Waals surface area (Å²) >= 11 is 0. The number of rotatable bonds is 4. The van der Waals surface area contributed by atoms with Crippen molar-refractivity contribution in [2.24, 2.45) is 0 Å². The normalized spacial score (nSPS) is 11.9. The van der Waals surface area contributed by atoms with Crippen molar-refractivity contribution in [1.29, 1.82) is 0 Å². The summed E-state index contributed by atoms with van der Waals surface area (Å²) in [5.74, 6) is -0.311. The Hall–Kier alpha value is -1.61. The van der Waals surface area contributed by atoms with E-state index in [0.717, 1.165) is 11.3 Å². The number of aryl methyl sites for hydroxylation is 1. The van der Waals surface area contributed by atoms with Gasteiger partial charge in [0.15, 0.2) is 0 Å². The molecule has 1 rings (SSSR count). The quantitative estimate of drug-likeness (QED) is 0.786. The molecule has 16 heavy (non-hydrogen) atoms. The second-order valence-corrected chi connectivity index (χ2v) is 3.70. The highest BCUT2D eigenvalue weighted by atomic mass is 16.3. The lowest BCUT2D eigenvalue weighted by molar-refractivity contribution is -0.125. The third kappa shape index (κ3) is 2.70. The molecule has 0 aromatic heterocycles. The molecule has 0 fully saturated rings. The summed E-state index contributed by atoms with van der Waals surface area (Å²) in [6, 6.07) is 7.57. The number of aliphatic hydroxyl groups excluding tert-OH is 1. The van der Waals surface area contributed by atoms with Crippen LogP contribution in [-0.2, 0) is 4.79 Å². The second-order valence-electron chi connectivity index (χ2n) is 3.70. The number of anilines is 1. The third-order valence-corrected chi connectivity index (χ3v) is 2.34. The Morgan fingerprint density at radius 3 is 2.69 bits per heavy atom. The second kappa shape index (κ2) is 5.47. The first-order valence-electron chi connectivity index (χ1n) is 5.24. The standard InChI is InChI=1S/C13H17NO2/c1-4-9-14(13(16)11(3)15)12-8-6-5-7-10(12)2/h4-8,11,15H,1,9H2,2-3H3. The van der Waals surface area contributed by atoms with Gasteiger partial charge < -0.3 is 10.0 Å². The average Bonchev–Trinajstić information content (AvgIpc) is 2.26. The molecule has 1 atom stereocenters. The van der Waals surface area contributed by atoms with Crippen molar-refractivity contribution < 1.29 is 9.90 Å². The summed E-state index contributed by atoms with van der Waals surface area (Å²) in [6.45, 7) is 7.42. The first-order valence-corrected chi connectivity index (χ1v) is 5.24. The lowest BCUT2D eigenvalue weighted by Gasteiger charge is -2.24. The van der Waals surface area contributed by atoms with Crippen molar-refractivity contribution >= 4 is 11.6 Å². The summed E-state index contributed by atoms with van der Waals surface area (Å²) in [7, 11) is 0. The molecular formula is C13H17NO2. The first kappa shape index (κ1) is 12.5. The Morgan fingerprint density at radius 2 is 2.19 bits per heavy atom. The van der Waals surface area contributed by atoms with Crippen LogP contribution in [0, 0.1) is 6.92 Å². The van der Waals surface area contributed by atoms with Gasteiger partial charge >= 0.3 is 0 Å². The molecule has 1 N–H and O–H groups in total. The number of carbonyl (C=O) groups is 1. The topological polar surface area (TPSA) is 40.5 Å². The van der Waals surface area contributed by atoms with E-state index in [4.69, 9.17) is 0 Å². The van der Waals surface area contributed by atoms with Gasteiger partial charge in [0.2, 0.25) is 0 Å². The van der Waals surface area contributed by atoms with Crippen LogP contribution in [0.4, 0.5) is 5.69 Å². The Balaban J connectivity index is 3.07. The highest BCUT2D eigenvalue weighted by Crippen LogP contribution is 2.20. The number of benzene rings is 1. The van der Waals surface area contributed by atoms with E-state index in [-0.39, 0.29) is 5.91 Å². The molecule has 0 heterocycles. The fourth-order valence-electron chi connectivity index (χ4n) is 1.53. The van der Waals surface area contributed by atoms with Gasteiger partial charge in [0.1, 0.15) is 6.10 Å². The van der Waals surface area contributed by atoms with E-state index in [9.17, 15) is 9.90 Å². The zero-order chi connectivity index (χ0) is 12.1. The van der Waals surface area contributed by atoms with Crippen LogP contribution in [-0.4, -0.2) is 23.7 Å². The van der Waals surface area contributed by atoms with E-state index in [2.05, 4.69) is 6.58 Å². The number of amides is 1. The number of hydrogen-bond acceptors (Lipinski definition) is 2. The fourth-order valence-corrected chi connectivity index (χ4v) is 1.53. The molecule has 0 aliphatic carbocycles. The molecule has 1 aromatic carbocycles. The van der Waals surface area contributed by atoms with Gasteiger partial charge in [-0.05, 0) is 25.5 Å². The Bertz CT molecular complexity index is 385. The van der Waals surface area contributed by atoms with Gasteiger partial charge in [-0.3, -0.25) is 4.79 Å². The minimum atomic E-state index is -1.00. The van der Waals surface area contributed by atoms with E-state index < -0.39 is 6.10 Å². The lowest BCUT2D eigenvalue weighted by atomic mass is 10.1. The number of para-hydroxylation sites is 1. The van der Waals surface area contributed by atoms with Gasteiger partial charge in [0.05, 0.1) is 0 Å². The predicted molar refractivity (Wildman–Crippen MR) is 65.4 cm³/mol. The van der Waals surface area contributed by atoms with Crippen molar-refractivity contribution in [2.45, 2.75) is 20.0 Å². The van der Waals surface area contributed by atoms with E-state index in [1.165, 1.54) is 11.8 Å². The number of aliphatic hydroxyl groups is 1. The van der Waals surface area contributed by atoms with E-state index in [0.29, 0.717) is 6.54 Å². The number of hydrogen-bond donors (Lipinski definition) is 1. The van der Waals surface area contributed by atoms with Crippen LogP contribution in [0.3, 0.4) is 0 Å². The Morgan fingerprint density at radius 1 is 1.56 bits per heavy atom. The molecule has 0 saturated carbocycles. The van der Waals surface area contributed by atoms with E-state index in [1.807, 2.05) is 31.2 Å². The maximum absolute atomic E-state index is 11.8. The van der Waals surface area contributed by atoms with Crippen molar-refractivity contribution in [3.8, 4) is 0 Å². The molecule has 3 nitrogen and oxygen atoms in total. The molecule has 1 amide bonds. The van der Waals surface area contributed by atoms with E-state index in [1.54, 1.807) is 6.08 Å². The summed E-state index contributed by atoms with van der Waals surface area (Å²) in [5.41, 5.74) is 1.81. The minimum absolute atomic E-state index is 0.311. The van der Waals surface area contributed by atoms with Crippen LogP contribution in [0.15, 0.2) is 36.9 Å². The van der Waals surface area contributed by atoms with Crippen molar-refractivity contribution in [1.82, 2.24) is 0 Å². The lowest BCUT2D eigenvalue weighted by Crippen LogP contribution is -2.38. The highest BCUT2D eigenvalue weighted by Gasteiger charge is 2.19. The molecule has 0 bridgehead atoms. The summed E-state index contributed by atoms with van der Waals surface area (Å²) in [6.07, 6.45) is 0.645. The third-order valence-electron chi connectivity index (χ3n) is 2.34. The fraction of sp³-hybridized carbons (Fsp3) is 0.308. The first-order chi connectivity index (χ1) is 7.57. The molecular weight excluding hydrogens is 202 g/mol. The molecule has 1 aromatic rings. The van der Waals surface area contributed by atoms with Crippen molar-refractivity contribution in [3.63, 3.8) is 0 Å². The number of carbonyl (C=O) groups excluding carboxylic acids is 1. The largest absolute Gasteiger partial charge is 0.384 e. The average molecular weight is 219 g/mol. The Kier molecular flexibility index (Phi) is 4.26. The van der Waals surface area contributed by atoms with Crippen molar-refractivity contribution in [2.75, 3.05) is 11.4 Å². The SMILES string of the molecule is C=CCN(C(=O)C(C)O)c1ccccc1C. The molecule has 86 valence electrons. The van der Waals surface area contributed by atoms with Crippen LogP contribution in [0.2, 0.25) is 0 Å². The zero-order valence-corrected chi connectivity index (χ0v) is 9.68. The summed E-state index contributed by atoms with van der Waals surface area (Å²) < 4.78 is 0. The zero-order valence-electron chi connectivity index (χ0n) is 9.68. The van der Waals surface area contributed by atoms with Crippen LogP contribution in [0.25, 0.3) is 0 Å². The van der Waals surface area contributed by atoms with Crippen LogP contribution in [0.1, 0.15) is 12.5 Å². The van der Waals surface area contributed by atoms with E-state index >= 15 is 0 Å². The van der Waals surface area contributed by atoms with Crippen LogP contribution < -0.4 is 4.90 Å².